The topological polar surface area (TPSA) is 104 Å². The van der Waals surface area contributed by atoms with E-state index in [1.54, 1.807) is 54.0 Å². The Balaban J connectivity index is 1.75. The van der Waals surface area contributed by atoms with Crippen molar-refractivity contribution >= 4 is 15.6 Å². The van der Waals surface area contributed by atoms with E-state index in [0.29, 0.717) is 21.8 Å². The molecule has 1 N–H and O–H groups in total. The van der Waals surface area contributed by atoms with Crippen LogP contribution in [0, 0.1) is 18.4 Å². The number of aromatic nitrogens is 1. The fraction of sp³-hybridized carbons (Fsp3) is 0.138. The summed E-state index contributed by atoms with van der Waals surface area (Å²) in [6.45, 7) is 1.62. The molecule has 1 unspecified atom stereocenters. The number of amides is 1. The van der Waals surface area contributed by atoms with Gasteiger partial charge in [-0.15, -0.1) is 4.36 Å². The highest BCUT2D eigenvalue weighted by molar-refractivity contribution is 7.93. The number of nitriles is 1. The summed E-state index contributed by atoms with van der Waals surface area (Å²) in [6.07, 6.45) is -0.363. The number of pyridine rings is 1. The van der Waals surface area contributed by atoms with Gasteiger partial charge in [0.15, 0.2) is 0 Å². The molecule has 11 heteroatoms. The third kappa shape index (κ3) is 5.97. The third-order valence-corrected chi connectivity index (χ3v) is 7.82. The van der Waals surface area contributed by atoms with E-state index in [0.717, 1.165) is 12.1 Å². The molecule has 1 aromatic heterocycles. The van der Waals surface area contributed by atoms with Gasteiger partial charge in [0.05, 0.1) is 15.3 Å². The van der Waals surface area contributed by atoms with Crippen molar-refractivity contribution in [3.05, 3.63) is 118 Å². The SMILES string of the molecule is Cc1c(-c2cccc(C(F)(F)F)c2)c(=O)c(C(=O)NCc2ccc(S(C)(=O)=NC#N)cc2)cn1-c1ccccc1. The van der Waals surface area contributed by atoms with Crippen LogP contribution in [-0.2, 0) is 22.5 Å². The maximum atomic E-state index is 13.6. The van der Waals surface area contributed by atoms with E-state index in [2.05, 4.69) is 9.68 Å². The predicted molar refractivity (Wildman–Crippen MR) is 145 cm³/mol. The predicted octanol–water partition coefficient (Wildman–Crippen LogP) is 5.70. The third-order valence-electron chi connectivity index (χ3n) is 6.24. The van der Waals surface area contributed by atoms with Gasteiger partial charge in [0, 0.05) is 40.8 Å². The second-order valence-corrected chi connectivity index (χ2v) is 11.2. The van der Waals surface area contributed by atoms with Gasteiger partial charge in [-0.05, 0) is 54.4 Å². The zero-order valence-electron chi connectivity index (χ0n) is 21.4. The average molecular weight is 565 g/mol. The van der Waals surface area contributed by atoms with Crippen LogP contribution in [0.2, 0.25) is 0 Å². The van der Waals surface area contributed by atoms with E-state index in [9.17, 15) is 27.0 Å². The van der Waals surface area contributed by atoms with E-state index < -0.39 is 32.8 Å². The fourth-order valence-electron chi connectivity index (χ4n) is 4.18. The highest BCUT2D eigenvalue weighted by Gasteiger charge is 2.31. The van der Waals surface area contributed by atoms with Gasteiger partial charge in [-0.1, -0.05) is 42.5 Å². The van der Waals surface area contributed by atoms with E-state index in [1.807, 2.05) is 0 Å². The standard InChI is InChI=1S/C29H23F3N4O3S/c1-19-26(21-7-6-8-22(15-21)29(30,31)32)27(37)25(17-36(19)23-9-4-3-5-10-23)28(38)34-16-20-11-13-24(14-12-20)40(2,39)35-18-33/h3-15,17H,16H2,1-2H3,(H,34,38). The summed E-state index contributed by atoms with van der Waals surface area (Å²) in [7, 11) is -2.87. The molecule has 0 aliphatic carbocycles. The first-order valence-electron chi connectivity index (χ1n) is 11.9. The number of nitrogens with one attached hydrogen (secondary N) is 1. The number of carbonyl (C=O) groups excluding carboxylic acids is 1. The van der Waals surface area contributed by atoms with Crippen molar-refractivity contribution in [3.8, 4) is 23.0 Å². The molecule has 40 heavy (non-hydrogen) atoms. The van der Waals surface area contributed by atoms with Crippen LogP contribution in [0.3, 0.4) is 0 Å². The highest BCUT2D eigenvalue weighted by atomic mass is 32.2. The molecule has 0 spiro atoms. The molecule has 0 saturated heterocycles. The summed E-state index contributed by atoms with van der Waals surface area (Å²) in [5, 5.41) is 11.4. The second-order valence-electron chi connectivity index (χ2n) is 8.94. The lowest BCUT2D eigenvalue weighted by Gasteiger charge is -2.18. The van der Waals surface area contributed by atoms with Crippen LogP contribution >= 0.6 is 0 Å². The number of para-hydroxylation sites is 1. The highest BCUT2D eigenvalue weighted by Crippen LogP contribution is 2.32. The lowest BCUT2D eigenvalue weighted by molar-refractivity contribution is -0.137. The van der Waals surface area contributed by atoms with Crippen molar-refractivity contribution < 1.29 is 22.2 Å². The quantitative estimate of drug-likeness (QED) is 0.304. The number of rotatable bonds is 6. The van der Waals surface area contributed by atoms with Crippen molar-refractivity contribution in [2.45, 2.75) is 24.5 Å². The first-order valence-corrected chi connectivity index (χ1v) is 13.8. The van der Waals surface area contributed by atoms with Gasteiger partial charge in [0.2, 0.25) is 11.6 Å². The largest absolute Gasteiger partial charge is 0.416 e. The zero-order chi connectivity index (χ0) is 29.1. The monoisotopic (exact) mass is 564 g/mol. The van der Waals surface area contributed by atoms with Crippen LogP contribution in [0.5, 0.6) is 0 Å². The first-order chi connectivity index (χ1) is 18.9. The minimum atomic E-state index is -4.61. The Hall–Kier alpha value is -4.69. The Morgan fingerprint density at radius 3 is 2.35 bits per heavy atom. The number of halogens is 3. The summed E-state index contributed by atoms with van der Waals surface area (Å²) in [4.78, 5) is 27.2. The van der Waals surface area contributed by atoms with E-state index in [4.69, 9.17) is 5.26 Å². The second kappa shape index (κ2) is 11.2. The molecule has 3 aromatic carbocycles. The zero-order valence-corrected chi connectivity index (χ0v) is 22.2. The molecule has 0 aliphatic heterocycles. The first kappa shape index (κ1) is 28.3. The van der Waals surface area contributed by atoms with Gasteiger partial charge < -0.3 is 9.88 Å². The summed E-state index contributed by atoms with van der Waals surface area (Å²) >= 11 is 0. The molecule has 0 radical (unpaired) electrons. The van der Waals surface area contributed by atoms with E-state index in [1.165, 1.54) is 42.9 Å². The Kier molecular flexibility index (Phi) is 7.93. The molecule has 1 atom stereocenters. The molecular weight excluding hydrogens is 541 g/mol. The lowest BCUT2D eigenvalue weighted by atomic mass is 9.98. The Morgan fingerprint density at radius 1 is 1.05 bits per heavy atom. The van der Waals surface area contributed by atoms with Crippen LogP contribution in [0.25, 0.3) is 16.8 Å². The van der Waals surface area contributed by atoms with Gasteiger partial charge in [0.1, 0.15) is 5.56 Å². The molecule has 204 valence electrons. The molecule has 1 amide bonds. The van der Waals surface area contributed by atoms with Crippen molar-refractivity contribution in [2.75, 3.05) is 6.26 Å². The van der Waals surface area contributed by atoms with Crippen LogP contribution in [0.15, 0.2) is 99.1 Å². The fourth-order valence-corrected chi connectivity index (χ4v) is 5.08. The smallest absolute Gasteiger partial charge is 0.348 e. The van der Waals surface area contributed by atoms with Crippen molar-refractivity contribution in [1.82, 2.24) is 9.88 Å². The minimum absolute atomic E-state index is 0.0109. The van der Waals surface area contributed by atoms with Crippen molar-refractivity contribution in [1.29, 1.82) is 5.26 Å². The molecule has 1 heterocycles. The maximum Gasteiger partial charge on any atom is 0.416 e. The Labute approximate surface area is 228 Å². The average Bonchev–Trinajstić information content (AvgIpc) is 2.92. The number of nitrogens with zero attached hydrogens (tertiary/aromatic N) is 3. The van der Waals surface area contributed by atoms with E-state index >= 15 is 0 Å². The number of hydrogen-bond donors (Lipinski definition) is 1. The number of benzene rings is 3. The molecule has 0 fully saturated rings. The van der Waals surface area contributed by atoms with Crippen LogP contribution in [0.1, 0.15) is 27.2 Å². The van der Waals surface area contributed by atoms with Crippen molar-refractivity contribution in [2.24, 2.45) is 4.36 Å². The van der Waals surface area contributed by atoms with Gasteiger partial charge in [-0.3, -0.25) is 9.59 Å². The number of carbonyl (C=O) groups is 1. The van der Waals surface area contributed by atoms with Gasteiger partial charge in [-0.25, -0.2) is 4.21 Å². The van der Waals surface area contributed by atoms with Crippen LogP contribution < -0.4 is 10.7 Å². The summed E-state index contributed by atoms with van der Waals surface area (Å²) < 4.78 is 57.8. The molecule has 0 saturated carbocycles. The molecule has 7 nitrogen and oxygen atoms in total. The maximum absolute atomic E-state index is 13.6. The molecule has 0 bridgehead atoms. The summed E-state index contributed by atoms with van der Waals surface area (Å²) in [6, 6.07) is 19.5. The van der Waals surface area contributed by atoms with Crippen LogP contribution in [0.4, 0.5) is 13.2 Å². The molecular formula is C29H23F3N4O3S. The number of hydrogen-bond acceptors (Lipinski definition) is 5. The van der Waals surface area contributed by atoms with Gasteiger partial charge >= 0.3 is 6.18 Å². The molecule has 4 rings (SSSR count). The van der Waals surface area contributed by atoms with Gasteiger partial charge in [-0.2, -0.15) is 18.4 Å². The number of alkyl halides is 3. The van der Waals surface area contributed by atoms with E-state index in [-0.39, 0.29) is 23.2 Å². The summed E-state index contributed by atoms with van der Waals surface area (Å²) in [5.41, 5.74) is -0.241. The lowest BCUT2D eigenvalue weighted by Crippen LogP contribution is -2.30. The minimum Gasteiger partial charge on any atom is -0.348 e. The normalized spacial score (nSPS) is 12.7. The molecule has 0 aliphatic rings. The Bertz CT molecular complexity index is 1800. The van der Waals surface area contributed by atoms with Gasteiger partial charge in [0.25, 0.3) is 5.91 Å². The molecule has 4 aromatic rings. The van der Waals surface area contributed by atoms with Crippen molar-refractivity contribution in [3.63, 3.8) is 0 Å². The summed E-state index contributed by atoms with van der Waals surface area (Å²) in [5.74, 6) is -0.717. The van der Waals surface area contributed by atoms with Crippen LogP contribution in [-0.4, -0.2) is 20.9 Å². The Morgan fingerprint density at radius 2 is 1.73 bits per heavy atom.